The highest BCUT2D eigenvalue weighted by atomic mass is 79.9. The highest BCUT2D eigenvalue weighted by molar-refractivity contribution is 9.10. The van der Waals surface area contributed by atoms with Crippen molar-refractivity contribution in [3.63, 3.8) is 0 Å². The molecule has 8 aromatic rings. The normalized spacial score (nSPS) is 31.8. The van der Waals surface area contributed by atoms with Crippen molar-refractivity contribution in [2.45, 2.75) is 37.2 Å². The van der Waals surface area contributed by atoms with Gasteiger partial charge in [0.1, 0.15) is 10.9 Å². The van der Waals surface area contributed by atoms with Gasteiger partial charge >= 0.3 is 85.0 Å². The van der Waals surface area contributed by atoms with Gasteiger partial charge in [-0.3, -0.25) is 4.79 Å². The van der Waals surface area contributed by atoms with E-state index in [1.165, 1.54) is 0 Å². The highest BCUT2D eigenvalue weighted by Crippen LogP contribution is 2.46. The number of fused-ring (bicyclic) bond motifs is 4. The molecule has 442 valence electrons. The quantitative estimate of drug-likeness (QED) is 0.0583. The van der Waals surface area contributed by atoms with E-state index < -0.39 is 99.3 Å². The molecule has 0 saturated carbocycles. The first kappa shape index (κ1) is 60.2. The van der Waals surface area contributed by atoms with Gasteiger partial charge in [-0.05, 0) is 32.9 Å². The largest absolute Gasteiger partial charge is 0.515 e. The second kappa shape index (κ2) is 24.2. The zero-order chi connectivity index (χ0) is 59.0. The van der Waals surface area contributed by atoms with Gasteiger partial charge in [0, 0.05) is 48.1 Å². The fourth-order valence-electron chi connectivity index (χ4n) is 10.7. The number of benzene rings is 8. The molecule has 6 aliphatic heterocycles. The molecule has 6 saturated heterocycles. The Labute approximate surface area is 520 Å². The smallest absolute Gasteiger partial charge is 0.462 e. The molecule has 4 atom stereocenters. The number of halogens is 1. The van der Waals surface area contributed by atoms with Crippen molar-refractivity contribution < 1.29 is 71.9 Å². The zero-order valence-electron chi connectivity index (χ0n) is 47.2. The van der Waals surface area contributed by atoms with Crippen LogP contribution in [0.3, 0.4) is 0 Å². The Balaban J connectivity index is 1.19. The molecule has 8 aromatic carbocycles. The molecule has 0 N–H and O–H groups in total. The molecular formula is C58H61BrO17Si10. The lowest BCUT2D eigenvalue weighted by Gasteiger charge is -2.59. The summed E-state index contributed by atoms with van der Waals surface area (Å²) in [5, 5.41) is 4.10. The third kappa shape index (κ3) is 11.6. The van der Waals surface area contributed by atoms with Crippen molar-refractivity contribution in [2.24, 2.45) is 0 Å². The first-order valence-corrected chi connectivity index (χ1v) is 46.5. The molecule has 6 aliphatic rings. The molecule has 86 heavy (non-hydrogen) atoms. The van der Waals surface area contributed by atoms with Crippen LogP contribution in [-0.2, 0) is 71.9 Å². The monoisotopic (exact) mass is 1390 g/mol. The molecule has 0 spiro atoms. The fraction of sp³-hybridized carbons (Fsp3) is 0.155. The van der Waals surface area contributed by atoms with Crippen LogP contribution in [0.1, 0.15) is 20.3 Å². The van der Waals surface area contributed by atoms with Crippen LogP contribution in [-0.4, -0.2) is 119 Å². The van der Waals surface area contributed by atoms with Crippen LogP contribution in [0.4, 0.5) is 0 Å². The van der Waals surface area contributed by atoms with Crippen LogP contribution in [0, 0.1) is 0 Å². The van der Waals surface area contributed by atoms with Crippen molar-refractivity contribution in [2.75, 3.05) is 19.8 Å². The van der Waals surface area contributed by atoms with Crippen molar-refractivity contribution >= 4 is 152 Å². The Morgan fingerprint density at radius 1 is 0.360 bits per heavy atom. The fourth-order valence-corrected chi connectivity index (χ4v) is 64.1. The molecule has 0 amide bonds. The van der Waals surface area contributed by atoms with Crippen LogP contribution in [0.15, 0.2) is 243 Å². The average Bonchev–Trinajstić information content (AvgIpc) is 0.694. The van der Waals surface area contributed by atoms with Gasteiger partial charge in [0.2, 0.25) is 0 Å². The number of carbonyl (C=O) groups is 1. The Kier molecular flexibility index (Phi) is 17.0. The number of ether oxygens (including phenoxy) is 2. The standard InChI is InChI=1S/C58H61BrO17Si10/c1-58(2,59)57(60)62-47-46-61-45-28-48-78(3)65-81(51-33-16-6-17-34-51)71-83(53-37-20-8-21-38-53)67-79(49-29-12-4-13-30-49)63-77-64-80(50-31-14-5-15-32-50)69-85(75-83,55-41-24-10-25-42-55)73-82(66-78,52-35-18-7-19-36-52)74-86(70-80,56-43-26-11-27-44-56)76-84(68-79,72-81)54-39-22-9-23-40-54/h4-27,29-44H,28,45-48,77H2,1-3H3. The number of hydrogen-bond donors (Lipinski definition) is 0. The molecule has 6 fully saturated rings. The summed E-state index contributed by atoms with van der Waals surface area (Å²) in [6, 6.07) is 76.9. The zero-order valence-corrected chi connectivity index (χ0v) is 59.2. The summed E-state index contributed by atoms with van der Waals surface area (Å²) in [6.45, 7) is 5.84. The summed E-state index contributed by atoms with van der Waals surface area (Å²) >= 11 is 3.40. The van der Waals surface area contributed by atoms with Crippen LogP contribution in [0.2, 0.25) is 12.6 Å². The number of alkyl halides is 1. The predicted molar refractivity (Wildman–Crippen MR) is 344 cm³/mol. The lowest BCUT2D eigenvalue weighted by molar-refractivity contribution is -0.146. The molecule has 0 aromatic heterocycles. The lowest BCUT2D eigenvalue weighted by Crippen LogP contribution is -2.92. The summed E-state index contributed by atoms with van der Waals surface area (Å²) in [5.41, 5.74) is 0. The third-order valence-corrected chi connectivity index (χ3v) is 55.8. The molecule has 14 rings (SSSR count). The predicted octanol–water partition coefficient (Wildman–Crippen LogP) is 4.25. The van der Waals surface area contributed by atoms with E-state index in [-0.39, 0.29) is 25.9 Å². The van der Waals surface area contributed by atoms with Crippen molar-refractivity contribution in [3.8, 4) is 0 Å². The van der Waals surface area contributed by atoms with Crippen LogP contribution < -0.4 is 41.5 Å². The number of hydrogen-bond acceptors (Lipinski definition) is 17. The van der Waals surface area contributed by atoms with Crippen LogP contribution in [0.25, 0.3) is 0 Å². The molecule has 6 heterocycles. The van der Waals surface area contributed by atoms with Crippen molar-refractivity contribution in [1.29, 1.82) is 0 Å². The SMILES string of the molecule is CC(C)(Br)C(=O)OCCOCCC[Si]1(C)O[Si]2(c3ccccc3)O[Si]3(c4ccccc4)O[Si]4(c5ccccc5)O[SiH2]O[Si]5(c6ccccc6)O[Si](c6ccccc6)(O[Si](c6ccccc6)(O1)O[Si](c1ccccc1)(O5)O[Si](c1ccccc1)(O4)O2)O3. The van der Waals surface area contributed by atoms with Crippen molar-refractivity contribution in [3.05, 3.63) is 243 Å². The van der Waals surface area contributed by atoms with E-state index in [4.69, 9.17) is 67.1 Å². The van der Waals surface area contributed by atoms with Gasteiger partial charge in [-0.2, -0.15) is 0 Å². The maximum atomic E-state index is 12.7. The van der Waals surface area contributed by atoms with E-state index in [2.05, 4.69) is 15.9 Å². The molecule has 17 nitrogen and oxygen atoms in total. The van der Waals surface area contributed by atoms with E-state index in [9.17, 15) is 4.79 Å². The molecule has 4 unspecified atom stereocenters. The van der Waals surface area contributed by atoms with E-state index in [0.717, 1.165) is 0 Å². The average molecular weight is 1390 g/mol. The number of carbonyl (C=O) groups excluding carboxylic acids is 1. The first-order valence-electron chi connectivity index (χ1n) is 28.2. The summed E-state index contributed by atoms with van der Waals surface area (Å²) in [5.74, 6) is -0.403. The Morgan fingerprint density at radius 2 is 0.593 bits per heavy atom. The summed E-state index contributed by atoms with van der Waals surface area (Å²) < 4.78 is 126. The highest BCUT2D eigenvalue weighted by Gasteiger charge is 2.82. The van der Waals surface area contributed by atoms with E-state index in [0.29, 0.717) is 47.9 Å². The van der Waals surface area contributed by atoms with Crippen molar-refractivity contribution in [1.82, 2.24) is 0 Å². The van der Waals surface area contributed by atoms with Gasteiger partial charge in [0.15, 0.2) is 0 Å². The second-order valence-corrected chi connectivity index (χ2v) is 52.1. The van der Waals surface area contributed by atoms with E-state index >= 15 is 0 Å². The molecule has 28 heteroatoms. The minimum absolute atomic E-state index is 0.0429. The second-order valence-electron chi connectivity index (χ2n) is 21.5. The van der Waals surface area contributed by atoms with E-state index in [1.807, 2.05) is 249 Å². The molecule has 8 bridgehead atoms. The van der Waals surface area contributed by atoms with Crippen LogP contribution in [0.5, 0.6) is 0 Å². The molecule has 0 radical (unpaired) electrons. The van der Waals surface area contributed by atoms with Gasteiger partial charge < -0.3 is 67.1 Å². The number of esters is 1. The maximum absolute atomic E-state index is 12.7. The summed E-state index contributed by atoms with van der Waals surface area (Å²) in [6.07, 6.45) is 0.373. The summed E-state index contributed by atoms with van der Waals surface area (Å²) in [7, 11) is -46.7. The van der Waals surface area contributed by atoms with Crippen LogP contribution >= 0.6 is 15.9 Å². The van der Waals surface area contributed by atoms with Gasteiger partial charge in [-0.25, -0.2) is 0 Å². The topological polar surface area (TPSA) is 165 Å². The molecular weight excluding hydrogens is 1330 g/mol. The van der Waals surface area contributed by atoms with Gasteiger partial charge in [-0.1, -0.05) is 259 Å². The van der Waals surface area contributed by atoms with Gasteiger partial charge in [0.25, 0.3) is 10.0 Å². The van der Waals surface area contributed by atoms with E-state index in [1.54, 1.807) is 13.8 Å². The third-order valence-electron chi connectivity index (χ3n) is 14.8. The minimum Gasteiger partial charge on any atom is -0.462 e. The Bertz CT molecular complexity index is 3290. The first-order chi connectivity index (χ1) is 41.7. The minimum atomic E-state index is -5.12. The van der Waals surface area contributed by atoms with Gasteiger partial charge in [-0.15, -0.1) is 0 Å². The maximum Gasteiger partial charge on any atom is 0.515 e. The van der Waals surface area contributed by atoms with Gasteiger partial charge in [0.05, 0.1) is 6.61 Å². The summed E-state index contributed by atoms with van der Waals surface area (Å²) in [4.78, 5) is 12.7. The Hall–Kier alpha value is -4.72. The lowest BCUT2D eigenvalue weighted by atomic mass is 10.2. The number of rotatable bonds is 16. The molecule has 0 aliphatic carbocycles. The Morgan fingerprint density at radius 3 is 0.849 bits per heavy atom.